The number of carbonyl (C=O) groups is 1. The first-order chi connectivity index (χ1) is 10.7. The summed E-state index contributed by atoms with van der Waals surface area (Å²) >= 11 is 0. The molecule has 0 aromatic carbocycles. The summed E-state index contributed by atoms with van der Waals surface area (Å²) in [6.07, 6.45) is 9.88. The van der Waals surface area contributed by atoms with Gasteiger partial charge >= 0.3 is 0 Å². The highest BCUT2D eigenvalue weighted by atomic mass is 16.1. The van der Waals surface area contributed by atoms with Gasteiger partial charge in [0.15, 0.2) is 0 Å². The van der Waals surface area contributed by atoms with E-state index in [0.29, 0.717) is 11.6 Å². The third kappa shape index (κ3) is 2.89. The van der Waals surface area contributed by atoms with Gasteiger partial charge in [-0.2, -0.15) is 0 Å². The Morgan fingerprint density at radius 3 is 3.00 bits per heavy atom. The van der Waals surface area contributed by atoms with E-state index >= 15 is 0 Å². The number of hydrogen-bond acceptors (Lipinski definition) is 2. The smallest absolute Gasteiger partial charge is 0.247 e. The van der Waals surface area contributed by atoms with Gasteiger partial charge in [-0.1, -0.05) is 31.3 Å². The van der Waals surface area contributed by atoms with Crippen molar-refractivity contribution in [3.63, 3.8) is 0 Å². The number of rotatable bonds is 2. The molecule has 3 rings (SSSR count). The number of amides is 1. The summed E-state index contributed by atoms with van der Waals surface area (Å²) in [6.45, 7) is 3.46. The van der Waals surface area contributed by atoms with E-state index in [9.17, 15) is 4.79 Å². The van der Waals surface area contributed by atoms with Crippen LogP contribution in [0, 0.1) is 17.8 Å². The second-order valence-electron chi connectivity index (χ2n) is 5.69. The minimum Gasteiger partial charge on any atom is -0.334 e. The zero-order valence-electron chi connectivity index (χ0n) is 12.7. The zero-order valence-corrected chi connectivity index (χ0v) is 12.7. The molecule has 0 bridgehead atoms. The van der Waals surface area contributed by atoms with E-state index in [1.54, 1.807) is 6.20 Å². The highest BCUT2D eigenvalue weighted by molar-refractivity contribution is 6.00. The molecule has 4 nitrogen and oxygen atoms in total. The van der Waals surface area contributed by atoms with Crippen molar-refractivity contribution in [2.24, 2.45) is 13.0 Å². The first-order valence-corrected chi connectivity index (χ1v) is 7.57. The molecule has 0 atom stereocenters. The summed E-state index contributed by atoms with van der Waals surface area (Å²) in [7, 11) is 1.96. The van der Waals surface area contributed by atoms with Crippen LogP contribution in [0.25, 0.3) is 11.0 Å². The molecule has 112 valence electrons. The van der Waals surface area contributed by atoms with Crippen LogP contribution in [0.3, 0.4) is 0 Å². The Morgan fingerprint density at radius 2 is 2.27 bits per heavy atom. The quantitative estimate of drug-likeness (QED) is 0.682. The van der Waals surface area contributed by atoms with Gasteiger partial charge in [0.05, 0.1) is 17.4 Å². The van der Waals surface area contributed by atoms with Crippen LogP contribution in [0.5, 0.6) is 0 Å². The van der Waals surface area contributed by atoms with Crippen molar-refractivity contribution in [2.45, 2.75) is 25.7 Å². The maximum Gasteiger partial charge on any atom is 0.247 e. The molecule has 4 heteroatoms. The minimum absolute atomic E-state index is 0.240. The Balaban J connectivity index is 1.96. The number of hydrogen-bond donors (Lipinski definition) is 1. The molecule has 0 saturated heterocycles. The van der Waals surface area contributed by atoms with Crippen molar-refractivity contribution >= 4 is 22.6 Å². The van der Waals surface area contributed by atoms with Gasteiger partial charge in [0.25, 0.3) is 0 Å². The molecule has 1 aliphatic carbocycles. The molecule has 1 saturated carbocycles. The van der Waals surface area contributed by atoms with Gasteiger partial charge in [-0.15, -0.1) is 0 Å². The Morgan fingerprint density at radius 1 is 1.50 bits per heavy atom. The number of anilines is 1. The summed E-state index contributed by atoms with van der Waals surface area (Å²) in [6, 6.07) is 1.92. The number of pyridine rings is 1. The average Bonchev–Trinajstić information content (AvgIpc) is 3.13. The van der Waals surface area contributed by atoms with Crippen molar-refractivity contribution in [3.05, 3.63) is 36.7 Å². The zero-order chi connectivity index (χ0) is 15.5. The molecule has 0 aliphatic heterocycles. The van der Waals surface area contributed by atoms with Crippen LogP contribution >= 0.6 is 0 Å². The van der Waals surface area contributed by atoms with Gasteiger partial charge in [0, 0.05) is 24.5 Å². The second kappa shape index (κ2) is 6.07. The van der Waals surface area contributed by atoms with Gasteiger partial charge in [0.1, 0.15) is 5.65 Å². The van der Waals surface area contributed by atoms with Crippen LogP contribution in [-0.2, 0) is 11.8 Å². The number of fused-ring (bicyclic) bond motifs is 1. The average molecular weight is 293 g/mol. The standard InChI is InChI=1S/C18H19N3O/c1-3-17(22)20-15-10-16-14(9-8-13-6-4-5-7-13)12-21(2)18(16)19-11-15/h3,10-13H,1,4-7H2,2H3,(H,20,22). The van der Waals surface area contributed by atoms with Crippen LogP contribution in [0.1, 0.15) is 31.2 Å². The predicted molar refractivity (Wildman–Crippen MR) is 88.4 cm³/mol. The van der Waals surface area contributed by atoms with Crippen LogP contribution < -0.4 is 5.32 Å². The Labute approximate surface area is 130 Å². The van der Waals surface area contributed by atoms with Gasteiger partial charge < -0.3 is 9.88 Å². The molecular weight excluding hydrogens is 274 g/mol. The van der Waals surface area contributed by atoms with E-state index in [1.165, 1.54) is 31.8 Å². The predicted octanol–water partition coefficient (Wildman–Crippen LogP) is 3.24. The molecule has 2 heterocycles. The van der Waals surface area contributed by atoms with Crippen LogP contribution in [0.4, 0.5) is 5.69 Å². The first kappa shape index (κ1) is 14.4. The lowest BCUT2D eigenvalue weighted by atomic mass is 10.1. The number of nitrogens with one attached hydrogen (secondary N) is 1. The molecule has 0 radical (unpaired) electrons. The summed E-state index contributed by atoms with van der Waals surface area (Å²) < 4.78 is 1.97. The molecule has 1 aliphatic rings. The molecule has 0 spiro atoms. The van der Waals surface area contributed by atoms with Crippen molar-refractivity contribution in [2.75, 3.05) is 5.32 Å². The highest BCUT2D eigenvalue weighted by Gasteiger charge is 2.12. The topological polar surface area (TPSA) is 46.9 Å². The maximum atomic E-state index is 11.4. The SMILES string of the molecule is C=CC(=O)Nc1cnc2c(c1)c(C#CC1CCCC1)cn2C. The summed E-state index contributed by atoms with van der Waals surface area (Å²) in [5.41, 5.74) is 2.49. The Kier molecular flexibility index (Phi) is 3.97. The van der Waals surface area contributed by atoms with E-state index in [2.05, 4.69) is 28.7 Å². The van der Waals surface area contributed by atoms with E-state index in [4.69, 9.17) is 0 Å². The lowest BCUT2D eigenvalue weighted by Gasteiger charge is -2.02. The number of aromatic nitrogens is 2. The maximum absolute atomic E-state index is 11.4. The molecule has 1 N–H and O–H groups in total. The second-order valence-corrected chi connectivity index (χ2v) is 5.69. The van der Waals surface area contributed by atoms with Gasteiger partial charge in [-0.05, 0) is 25.0 Å². The molecule has 0 unspecified atom stereocenters. The monoisotopic (exact) mass is 293 g/mol. The molecule has 2 aromatic heterocycles. The number of aryl methyl sites for hydroxylation is 1. The van der Waals surface area contributed by atoms with Gasteiger partial charge in [0.2, 0.25) is 5.91 Å². The van der Waals surface area contributed by atoms with Crippen molar-refractivity contribution in [1.29, 1.82) is 0 Å². The van der Waals surface area contributed by atoms with Crippen molar-refractivity contribution in [1.82, 2.24) is 9.55 Å². The fourth-order valence-corrected chi connectivity index (χ4v) is 2.87. The van der Waals surface area contributed by atoms with Crippen molar-refractivity contribution in [3.8, 4) is 11.8 Å². The molecule has 1 amide bonds. The largest absolute Gasteiger partial charge is 0.334 e. The normalized spacial score (nSPS) is 14.6. The van der Waals surface area contributed by atoms with E-state index in [0.717, 1.165) is 16.6 Å². The summed E-state index contributed by atoms with van der Waals surface area (Å²) in [5.74, 6) is 6.96. The van der Waals surface area contributed by atoms with Crippen LogP contribution in [0.15, 0.2) is 31.1 Å². The highest BCUT2D eigenvalue weighted by Crippen LogP contribution is 2.25. The van der Waals surface area contributed by atoms with E-state index in [1.807, 2.05) is 23.9 Å². The number of nitrogens with zero attached hydrogens (tertiary/aromatic N) is 2. The van der Waals surface area contributed by atoms with E-state index in [-0.39, 0.29) is 5.91 Å². The lowest BCUT2D eigenvalue weighted by Crippen LogP contribution is -2.07. The minimum atomic E-state index is -0.240. The van der Waals surface area contributed by atoms with Gasteiger partial charge in [-0.3, -0.25) is 4.79 Å². The summed E-state index contributed by atoms with van der Waals surface area (Å²) in [5, 5.41) is 3.71. The fourth-order valence-electron chi connectivity index (χ4n) is 2.87. The third-order valence-electron chi connectivity index (χ3n) is 4.03. The van der Waals surface area contributed by atoms with Crippen LogP contribution in [0.2, 0.25) is 0 Å². The first-order valence-electron chi connectivity index (χ1n) is 7.57. The third-order valence-corrected chi connectivity index (χ3v) is 4.03. The molecule has 2 aromatic rings. The molecule has 1 fully saturated rings. The molecular formula is C18H19N3O. The Bertz CT molecular complexity index is 786. The fraction of sp³-hybridized carbons (Fsp3) is 0.333. The van der Waals surface area contributed by atoms with Crippen molar-refractivity contribution < 1.29 is 4.79 Å². The van der Waals surface area contributed by atoms with E-state index < -0.39 is 0 Å². The lowest BCUT2D eigenvalue weighted by molar-refractivity contribution is -0.111. The van der Waals surface area contributed by atoms with Gasteiger partial charge in [-0.25, -0.2) is 4.98 Å². The Hall–Kier alpha value is -2.54. The van der Waals surface area contributed by atoms with Crippen LogP contribution in [-0.4, -0.2) is 15.5 Å². The summed E-state index contributed by atoms with van der Waals surface area (Å²) in [4.78, 5) is 15.8. The molecule has 22 heavy (non-hydrogen) atoms. The number of carbonyl (C=O) groups excluding carboxylic acids is 1.